The van der Waals surface area contributed by atoms with Crippen molar-refractivity contribution >= 4 is 11.8 Å². The summed E-state index contributed by atoms with van der Waals surface area (Å²) in [6, 6.07) is 8.31. The Morgan fingerprint density at radius 1 is 1.04 bits per heavy atom. The standard InChI is InChI=1S/C19H24N2O2/c22-18(17-2-1-11-21(17)19(23)16-9-10-16)20-12-13-3-5-14(6-4-13)15-7-8-15/h3-6,15-17H,1-2,7-12H2,(H,20,22)/t17-/m1/s1. The second-order valence-corrected chi connectivity index (χ2v) is 7.20. The van der Waals surface area contributed by atoms with Crippen LogP contribution < -0.4 is 5.32 Å². The zero-order chi connectivity index (χ0) is 15.8. The van der Waals surface area contributed by atoms with Crippen molar-refractivity contribution in [2.45, 2.75) is 57.0 Å². The summed E-state index contributed by atoms with van der Waals surface area (Å²) in [4.78, 5) is 26.5. The van der Waals surface area contributed by atoms with Gasteiger partial charge >= 0.3 is 0 Å². The molecular weight excluding hydrogens is 288 g/mol. The molecule has 3 aliphatic rings. The van der Waals surface area contributed by atoms with Crippen molar-refractivity contribution in [2.75, 3.05) is 6.54 Å². The molecular formula is C19H24N2O2. The van der Waals surface area contributed by atoms with E-state index in [1.807, 2.05) is 4.90 Å². The molecule has 1 aromatic carbocycles. The van der Waals surface area contributed by atoms with Crippen molar-refractivity contribution in [2.24, 2.45) is 5.92 Å². The van der Waals surface area contributed by atoms with Gasteiger partial charge in [0, 0.05) is 19.0 Å². The monoisotopic (exact) mass is 312 g/mol. The Morgan fingerprint density at radius 3 is 2.43 bits per heavy atom. The van der Waals surface area contributed by atoms with Gasteiger partial charge in [-0.1, -0.05) is 24.3 Å². The second kappa shape index (κ2) is 5.99. The van der Waals surface area contributed by atoms with Gasteiger partial charge < -0.3 is 10.2 Å². The Bertz CT molecular complexity index is 602. The van der Waals surface area contributed by atoms with Crippen LogP contribution >= 0.6 is 0 Å². The molecule has 0 bridgehead atoms. The Balaban J connectivity index is 1.32. The third-order valence-corrected chi connectivity index (χ3v) is 5.26. The summed E-state index contributed by atoms with van der Waals surface area (Å²) >= 11 is 0. The minimum atomic E-state index is -0.256. The Morgan fingerprint density at radius 2 is 1.78 bits per heavy atom. The Labute approximate surface area is 137 Å². The smallest absolute Gasteiger partial charge is 0.243 e. The molecule has 4 heteroatoms. The van der Waals surface area contributed by atoms with E-state index in [4.69, 9.17) is 0 Å². The van der Waals surface area contributed by atoms with Gasteiger partial charge in [0.05, 0.1) is 0 Å². The van der Waals surface area contributed by atoms with Crippen molar-refractivity contribution in [3.8, 4) is 0 Å². The van der Waals surface area contributed by atoms with Crippen LogP contribution in [0.2, 0.25) is 0 Å². The number of nitrogens with one attached hydrogen (secondary N) is 1. The number of carbonyl (C=O) groups excluding carboxylic acids is 2. The fourth-order valence-corrected chi connectivity index (χ4v) is 3.50. The summed E-state index contributed by atoms with van der Waals surface area (Å²) in [5.41, 5.74) is 2.54. The zero-order valence-corrected chi connectivity index (χ0v) is 13.5. The van der Waals surface area contributed by atoms with Crippen molar-refractivity contribution in [1.82, 2.24) is 10.2 Å². The van der Waals surface area contributed by atoms with Gasteiger partial charge in [-0.3, -0.25) is 9.59 Å². The molecule has 1 atom stereocenters. The lowest BCUT2D eigenvalue weighted by molar-refractivity contribution is -0.139. The topological polar surface area (TPSA) is 49.4 Å². The summed E-state index contributed by atoms with van der Waals surface area (Å²) < 4.78 is 0. The molecule has 1 aromatic rings. The number of carbonyl (C=O) groups is 2. The molecule has 2 amide bonds. The van der Waals surface area contributed by atoms with Gasteiger partial charge in [0.15, 0.2) is 0 Å². The molecule has 2 aliphatic carbocycles. The van der Waals surface area contributed by atoms with Gasteiger partial charge in [0.25, 0.3) is 0 Å². The molecule has 4 nitrogen and oxygen atoms in total. The first-order valence-electron chi connectivity index (χ1n) is 8.89. The number of hydrogen-bond donors (Lipinski definition) is 1. The van der Waals surface area contributed by atoms with Gasteiger partial charge in [-0.05, 0) is 55.6 Å². The quantitative estimate of drug-likeness (QED) is 0.908. The number of amides is 2. The van der Waals surface area contributed by atoms with E-state index in [2.05, 4.69) is 29.6 Å². The van der Waals surface area contributed by atoms with Crippen LogP contribution in [0.5, 0.6) is 0 Å². The maximum Gasteiger partial charge on any atom is 0.243 e. The van der Waals surface area contributed by atoms with Crippen LogP contribution in [-0.4, -0.2) is 29.3 Å². The summed E-state index contributed by atoms with van der Waals surface area (Å²) in [5, 5.41) is 3.02. The van der Waals surface area contributed by atoms with E-state index in [9.17, 15) is 9.59 Å². The summed E-state index contributed by atoms with van der Waals surface area (Å²) in [5.74, 6) is 1.15. The van der Waals surface area contributed by atoms with Gasteiger partial charge in [-0.25, -0.2) is 0 Å². The van der Waals surface area contributed by atoms with Gasteiger partial charge in [0.1, 0.15) is 6.04 Å². The van der Waals surface area contributed by atoms with Crippen LogP contribution in [-0.2, 0) is 16.1 Å². The lowest BCUT2D eigenvalue weighted by atomic mass is 10.1. The molecule has 4 rings (SSSR count). The minimum Gasteiger partial charge on any atom is -0.350 e. The van der Waals surface area contributed by atoms with Gasteiger partial charge in [-0.15, -0.1) is 0 Å². The largest absolute Gasteiger partial charge is 0.350 e. The highest BCUT2D eigenvalue weighted by Gasteiger charge is 2.40. The van der Waals surface area contributed by atoms with Gasteiger partial charge in [-0.2, -0.15) is 0 Å². The number of hydrogen-bond acceptors (Lipinski definition) is 2. The third kappa shape index (κ3) is 3.26. The van der Waals surface area contributed by atoms with Crippen LogP contribution in [0.1, 0.15) is 55.6 Å². The number of nitrogens with zero attached hydrogens (tertiary/aromatic N) is 1. The maximum atomic E-state index is 12.5. The Hall–Kier alpha value is -1.84. The normalized spacial score (nSPS) is 23.8. The van der Waals surface area contributed by atoms with Crippen molar-refractivity contribution in [3.05, 3.63) is 35.4 Å². The molecule has 3 fully saturated rings. The predicted octanol–water partition coefficient (Wildman–Crippen LogP) is 2.58. The highest BCUT2D eigenvalue weighted by atomic mass is 16.2. The van der Waals surface area contributed by atoms with Crippen LogP contribution in [0.25, 0.3) is 0 Å². The first-order chi connectivity index (χ1) is 11.2. The molecule has 0 spiro atoms. The minimum absolute atomic E-state index is 0.00256. The SMILES string of the molecule is O=C(NCc1ccc(C2CC2)cc1)[C@H]1CCCN1C(=O)C1CC1. The van der Waals surface area contributed by atoms with E-state index in [1.165, 1.54) is 18.4 Å². The van der Waals surface area contributed by atoms with E-state index in [-0.39, 0.29) is 23.8 Å². The predicted molar refractivity (Wildman–Crippen MR) is 87.7 cm³/mol. The van der Waals surface area contributed by atoms with E-state index >= 15 is 0 Å². The van der Waals surface area contributed by atoms with E-state index < -0.39 is 0 Å². The lowest BCUT2D eigenvalue weighted by Crippen LogP contribution is -2.46. The first-order valence-corrected chi connectivity index (χ1v) is 8.89. The fourth-order valence-electron chi connectivity index (χ4n) is 3.50. The Kier molecular flexibility index (Phi) is 3.83. The van der Waals surface area contributed by atoms with Gasteiger partial charge in [0.2, 0.25) is 11.8 Å². The summed E-state index contributed by atoms with van der Waals surface area (Å²) in [6.45, 7) is 1.29. The highest BCUT2D eigenvalue weighted by molar-refractivity contribution is 5.89. The first kappa shape index (κ1) is 14.7. The summed E-state index contributed by atoms with van der Waals surface area (Å²) in [7, 11) is 0. The average Bonchev–Trinajstić information content (AvgIpc) is 3.49. The molecule has 0 aromatic heterocycles. The van der Waals surface area contributed by atoms with E-state index in [0.29, 0.717) is 6.54 Å². The lowest BCUT2D eigenvalue weighted by Gasteiger charge is -2.24. The van der Waals surface area contributed by atoms with Crippen LogP contribution in [0.15, 0.2) is 24.3 Å². The second-order valence-electron chi connectivity index (χ2n) is 7.20. The van der Waals surface area contributed by atoms with Crippen LogP contribution in [0, 0.1) is 5.92 Å². The zero-order valence-electron chi connectivity index (χ0n) is 13.5. The van der Waals surface area contributed by atoms with Crippen molar-refractivity contribution in [3.63, 3.8) is 0 Å². The van der Waals surface area contributed by atoms with Crippen LogP contribution in [0.3, 0.4) is 0 Å². The molecule has 1 saturated heterocycles. The maximum absolute atomic E-state index is 12.5. The van der Waals surface area contributed by atoms with E-state index in [0.717, 1.165) is 43.7 Å². The molecule has 122 valence electrons. The molecule has 1 aliphatic heterocycles. The number of likely N-dealkylation sites (tertiary alicyclic amines) is 1. The fraction of sp³-hybridized carbons (Fsp3) is 0.579. The van der Waals surface area contributed by atoms with E-state index in [1.54, 1.807) is 0 Å². The molecule has 0 radical (unpaired) electrons. The average molecular weight is 312 g/mol. The molecule has 0 unspecified atom stereocenters. The molecule has 2 saturated carbocycles. The van der Waals surface area contributed by atoms with Crippen LogP contribution in [0.4, 0.5) is 0 Å². The molecule has 23 heavy (non-hydrogen) atoms. The highest BCUT2D eigenvalue weighted by Crippen LogP contribution is 2.39. The molecule has 1 heterocycles. The third-order valence-electron chi connectivity index (χ3n) is 5.26. The summed E-state index contributed by atoms with van der Waals surface area (Å²) in [6.07, 6.45) is 6.34. The molecule has 1 N–H and O–H groups in total. The van der Waals surface area contributed by atoms with Crippen molar-refractivity contribution < 1.29 is 9.59 Å². The number of benzene rings is 1. The number of rotatable bonds is 5. The van der Waals surface area contributed by atoms with Crippen molar-refractivity contribution in [1.29, 1.82) is 0 Å².